The van der Waals surface area contributed by atoms with Gasteiger partial charge in [0, 0.05) is 29.9 Å². The minimum absolute atomic E-state index is 0.00981. The lowest BCUT2D eigenvalue weighted by atomic mass is 9.93. The van der Waals surface area contributed by atoms with Crippen LogP contribution in [0.25, 0.3) is 10.9 Å². The van der Waals surface area contributed by atoms with Gasteiger partial charge in [-0.05, 0) is 88.5 Å². The molecule has 1 aliphatic heterocycles. The predicted molar refractivity (Wildman–Crippen MR) is 136 cm³/mol. The number of carbonyl (C=O) groups excluding carboxylic acids is 1. The van der Waals surface area contributed by atoms with E-state index in [0.29, 0.717) is 46.5 Å². The molecule has 1 fully saturated rings. The van der Waals surface area contributed by atoms with Crippen molar-refractivity contribution in [2.75, 3.05) is 25.0 Å². The average Bonchev–Trinajstić information content (AvgIpc) is 2.86. The minimum Gasteiger partial charge on any atom is -0.489 e. The number of aromatic nitrogens is 1. The van der Waals surface area contributed by atoms with E-state index < -0.39 is 0 Å². The number of aryl methyl sites for hydroxylation is 1. The van der Waals surface area contributed by atoms with Gasteiger partial charge in [0.15, 0.2) is 0 Å². The number of nitriles is 1. The van der Waals surface area contributed by atoms with Crippen molar-refractivity contribution in [1.29, 1.82) is 5.26 Å². The standard InChI is InChI=1S/C27H31N5O3/c1-4-30-27(33)32-23-6-5-21(13-17(23)2)35-25-9-12-31-24-15-26(20(16-28)14-22(24)25)34-18(3)19-7-10-29-11-8-19/h5-6,9,12-15,18-19,29H,4,7-8,10-11H2,1-3H3,(H2,30,32,33). The minimum atomic E-state index is -0.249. The summed E-state index contributed by atoms with van der Waals surface area (Å²) in [6.07, 6.45) is 3.81. The SMILES string of the molecule is CCNC(=O)Nc1ccc(Oc2ccnc3cc(OC(C)C4CCNCC4)c(C#N)cc23)cc1C. The van der Waals surface area contributed by atoms with Gasteiger partial charge in [-0.1, -0.05) is 0 Å². The number of piperidine rings is 1. The maximum absolute atomic E-state index is 11.8. The van der Waals surface area contributed by atoms with Crippen LogP contribution in [0.2, 0.25) is 0 Å². The van der Waals surface area contributed by atoms with E-state index >= 15 is 0 Å². The number of carbonyl (C=O) groups is 1. The third-order valence-electron chi connectivity index (χ3n) is 6.30. The summed E-state index contributed by atoms with van der Waals surface area (Å²) >= 11 is 0. The van der Waals surface area contributed by atoms with E-state index in [4.69, 9.17) is 9.47 Å². The Kier molecular flexibility index (Phi) is 7.68. The van der Waals surface area contributed by atoms with Gasteiger partial charge in [-0.2, -0.15) is 5.26 Å². The molecule has 182 valence electrons. The molecule has 0 bridgehead atoms. The molecule has 8 nitrogen and oxygen atoms in total. The second-order valence-corrected chi connectivity index (χ2v) is 8.76. The highest BCUT2D eigenvalue weighted by atomic mass is 16.5. The van der Waals surface area contributed by atoms with E-state index in [1.54, 1.807) is 30.5 Å². The molecular weight excluding hydrogens is 442 g/mol. The molecule has 35 heavy (non-hydrogen) atoms. The maximum Gasteiger partial charge on any atom is 0.319 e. The molecule has 2 heterocycles. The monoisotopic (exact) mass is 473 g/mol. The number of hydrogen-bond donors (Lipinski definition) is 3. The van der Waals surface area contributed by atoms with Crippen LogP contribution in [-0.2, 0) is 0 Å². The first-order valence-corrected chi connectivity index (χ1v) is 12.0. The first-order valence-electron chi connectivity index (χ1n) is 12.0. The summed E-state index contributed by atoms with van der Waals surface area (Å²) in [5, 5.41) is 19.5. The van der Waals surface area contributed by atoms with E-state index in [1.165, 1.54) is 0 Å². The van der Waals surface area contributed by atoms with Crippen molar-refractivity contribution >= 4 is 22.6 Å². The second-order valence-electron chi connectivity index (χ2n) is 8.76. The van der Waals surface area contributed by atoms with Gasteiger partial charge in [0.1, 0.15) is 23.3 Å². The van der Waals surface area contributed by atoms with Crippen LogP contribution in [0.15, 0.2) is 42.6 Å². The van der Waals surface area contributed by atoms with E-state index in [-0.39, 0.29) is 12.1 Å². The number of rotatable bonds is 7. The number of nitrogens with zero attached hydrogens (tertiary/aromatic N) is 2. The molecule has 0 spiro atoms. The summed E-state index contributed by atoms with van der Waals surface area (Å²) in [5.74, 6) is 2.21. The molecule has 3 aromatic rings. The quantitative estimate of drug-likeness (QED) is 0.440. The van der Waals surface area contributed by atoms with Crippen molar-refractivity contribution in [1.82, 2.24) is 15.6 Å². The van der Waals surface area contributed by atoms with Crippen LogP contribution in [0, 0.1) is 24.2 Å². The molecule has 0 saturated carbocycles. The summed E-state index contributed by atoms with van der Waals surface area (Å²) in [5.41, 5.74) is 2.72. The fourth-order valence-corrected chi connectivity index (χ4v) is 4.33. The molecule has 1 aromatic heterocycles. The fourth-order valence-electron chi connectivity index (χ4n) is 4.33. The summed E-state index contributed by atoms with van der Waals surface area (Å²) in [6, 6.07) is 12.8. The third-order valence-corrected chi connectivity index (χ3v) is 6.30. The normalized spacial score (nSPS) is 14.7. The Labute approximate surface area is 205 Å². The smallest absolute Gasteiger partial charge is 0.319 e. The van der Waals surface area contributed by atoms with Gasteiger partial charge in [-0.3, -0.25) is 4.98 Å². The van der Waals surface area contributed by atoms with E-state index in [0.717, 1.165) is 36.9 Å². The highest BCUT2D eigenvalue weighted by molar-refractivity contribution is 5.90. The first kappa shape index (κ1) is 24.3. The van der Waals surface area contributed by atoms with Crippen LogP contribution in [0.4, 0.5) is 10.5 Å². The van der Waals surface area contributed by atoms with Crippen molar-refractivity contribution in [3.05, 3.63) is 53.7 Å². The Morgan fingerprint density at radius 3 is 2.74 bits per heavy atom. The van der Waals surface area contributed by atoms with Crippen molar-refractivity contribution in [2.24, 2.45) is 5.92 Å². The zero-order chi connectivity index (χ0) is 24.8. The van der Waals surface area contributed by atoms with Crippen LogP contribution < -0.4 is 25.4 Å². The largest absolute Gasteiger partial charge is 0.489 e. The highest BCUT2D eigenvalue weighted by Gasteiger charge is 2.23. The number of urea groups is 1. The van der Waals surface area contributed by atoms with Gasteiger partial charge in [-0.15, -0.1) is 0 Å². The molecule has 2 aromatic carbocycles. The summed E-state index contributed by atoms with van der Waals surface area (Å²) in [4.78, 5) is 16.3. The third kappa shape index (κ3) is 5.81. The number of nitrogens with one attached hydrogen (secondary N) is 3. The van der Waals surface area contributed by atoms with Gasteiger partial charge >= 0.3 is 6.03 Å². The zero-order valence-corrected chi connectivity index (χ0v) is 20.4. The van der Waals surface area contributed by atoms with Crippen LogP contribution in [0.1, 0.15) is 37.8 Å². The lowest BCUT2D eigenvalue weighted by Gasteiger charge is -2.29. The second kappa shape index (κ2) is 11.1. The molecule has 8 heteroatoms. The molecule has 2 amide bonds. The molecular formula is C27H31N5O3. The fraction of sp³-hybridized carbons (Fsp3) is 0.370. The van der Waals surface area contributed by atoms with Gasteiger partial charge in [0.25, 0.3) is 0 Å². The Morgan fingerprint density at radius 2 is 2.03 bits per heavy atom. The molecule has 4 rings (SSSR count). The topological polar surface area (TPSA) is 108 Å². The van der Waals surface area contributed by atoms with Crippen LogP contribution in [0.5, 0.6) is 17.2 Å². The van der Waals surface area contributed by atoms with Gasteiger partial charge in [0.2, 0.25) is 0 Å². The van der Waals surface area contributed by atoms with Gasteiger partial charge in [-0.25, -0.2) is 4.79 Å². The molecule has 1 atom stereocenters. The van der Waals surface area contributed by atoms with Gasteiger partial charge < -0.3 is 25.4 Å². The number of ether oxygens (including phenoxy) is 2. The van der Waals surface area contributed by atoms with E-state index in [2.05, 4.69) is 33.9 Å². The van der Waals surface area contributed by atoms with Crippen molar-refractivity contribution in [3.8, 4) is 23.3 Å². The van der Waals surface area contributed by atoms with E-state index in [1.807, 2.05) is 26.0 Å². The number of anilines is 1. The Balaban J connectivity index is 1.57. The number of amides is 2. The molecule has 1 aliphatic rings. The molecule has 3 N–H and O–H groups in total. The summed E-state index contributed by atoms with van der Waals surface area (Å²) in [6.45, 7) is 8.37. The maximum atomic E-state index is 11.8. The first-order chi connectivity index (χ1) is 17.0. The number of hydrogen-bond acceptors (Lipinski definition) is 6. The van der Waals surface area contributed by atoms with Crippen LogP contribution in [-0.4, -0.2) is 36.8 Å². The zero-order valence-electron chi connectivity index (χ0n) is 20.4. The Hall–Kier alpha value is -3.83. The molecule has 1 saturated heterocycles. The molecule has 0 radical (unpaired) electrons. The summed E-state index contributed by atoms with van der Waals surface area (Å²) < 4.78 is 12.4. The van der Waals surface area contributed by atoms with Crippen molar-refractivity contribution in [3.63, 3.8) is 0 Å². The lowest BCUT2D eigenvalue weighted by Crippen LogP contribution is -2.35. The summed E-state index contributed by atoms with van der Waals surface area (Å²) in [7, 11) is 0. The number of fused-ring (bicyclic) bond motifs is 1. The molecule has 0 aliphatic carbocycles. The Bertz CT molecular complexity index is 1250. The van der Waals surface area contributed by atoms with Crippen molar-refractivity contribution < 1.29 is 14.3 Å². The van der Waals surface area contributed by atoms with Gasteiger partial charge in [0.05, 0.1) is 17.2 Å². The number of benzene rings is 2. The number of pyridine rings is 1. The average molecular weight is 474 g/mol. The predicted octanol–water partition coefficient (Wildman–Crippen LogP) is 5.12. The van der Waals surface area contributed by atoms with E-state index in [9.17, 15) is 10.1 Å². The molecule has 1 unspecified atom stereocenters. The highest BCUT2D eigenvalue weighted by Crippen LogP contribution is 2.35. The Morgan fingerprint density at radius 1 is 1.23 bits per heavy atom. The van der Waals surface area contributed by atoms with Crippen LogP contribution in [0.3, 0.4) is 0 Å². The van der Waals surface area contributed by atoms with Crippen LogP contribution >= 0.6 is 0 Å². The van der Waals surface area contributed by atoms with Crippen molar-refractivity contribution in [2.45, 2.75) is 39.7 Å². The lowest BCUT2D eigenvalue weighted by molar-refractivity contribution is 0.128.